The molecule has 1 heteroatoms. The second-order valence-electron chi connectivity index (χ2n) is 2.68. The molecular formula is C8H11N. The quantitative estimate of drug-likeness (QED) is 0.450. The van der Waals surface area contributed by atoms with E-state index in [1.165, 1.54) is 6.42 Å². The Morgan fingerprint density at radius 2 is 2.22 bits per heavy atom. The van der Waals surface area contributed by atoms with Gasteiger partial charge in [0, 0.05) is 0 Å². The summed E-state index contributed by atoms with van der Waals surface area (Å²) in [6.45, 7) is 2.18. The maximum atomic E-state index is 8.48. The van der Waals surface area contributed by atoms with Crippen LogP contribution in [0.2, 0.25) is 0 Å². The lowest BCUT2D eigenvalue weighted by atomic mass is 9.91. The van der Waals surface area contributed by atoms with Gasteiger partial charge >= 0.3 is 0 Å². The van der Waals surface area contributed by atoms with Gasteiger partial charge in [0.2, 0.25) is 0 Å². The summed E-state index contributed by atoms with van der Waals surface area (Å²) in [5.74, 6) is 0.885. The average molecular weight is 121 g/mol. The minimum Gasteiger partial charge on any atom is -0.198 e. The van der Waals surface area contributed by atoms with Gasteiger partial charge in [-0.1, -0.05) is 19.1 Å². The molecule has 0 aromatic heterocycles. The molecule has 0 bridgehead atoms. The fourth-order valence-corrected chi connectivity index (χ4v) is 1.07. The van der Waals surface area contributed by atoms with Crippen molar-refractivity contribution in [3.05, 3.63) is 12.2 Å². The highest BCUT2D eigenvalue weighted by atomic mass is 14.3. The summed E-state index contributed by atoms with van der Waals surface area (Å²) in [5.41, 5.74) is 0. The van der Waals surface area contributed by atoms with Gasteiger partial charge in [-0.2, -0.15) is 5.26 Å². The first-order chi connectivity index (χ1) is 4.33. The third-order valence-electron chi connectivity index (χ3n) is 1.77. The second-order valence-corrected chi connectivity index (χ2v) is 2.68. The molecule has 0 spiro atoms. The number of rotatable bonds is 0. The van der Waals surface area contributed by atoms with E-state index in [4.69, 9.17) is 5.26 Å². The van der Waals surface area contributed by atoms with Gasteiger partial charge in [0.25, 0.3) is 0 Å². The standard InChI is InChI=1S/C8H11N/c1-7-2-4-8(6-9)5-3-7/h2,4,7-8H,3,5H2,1H3. The van der Waals surface area contributed by atoms with Crippen molar-refractivity contribution in [3.8, 4) is 6.07 Å². The Morgan fingerprint density at radius 3 is 2.67 bits per heavy atom. The Hall–Kier alpha value is -0.770. The van der Waals surface area contributed by atoms with Crippen molar-refractivity contribution in [2.45, 2.75) is 19.8 Å². The zero-order chi connectivity index (χ0) is 6.69. The first-order valence-corrected chi connectivity index (χ1v) is 3.41. The first-order valence-electron chi connectivity index (χ1n) is 3.41. The van der Waals surface area contributed by atoms with Crippen molar-refractivity contribution >= 4 is 0 Å². The Balaban J connectivity index is 2.50. The summed E-state index contributed by atoms with van der Waals surface area (Å²) in [6, 6.07) is 2.24. The van der Waals surface area contributed by atoms with Gasteiger partial charge in [-0.3, -0.25) is 0 Å². The smallest absolute Gasteiger partial charge is 0.0697 e. The molecule has 0 fully saturated rings. The molecule has 0 radical (unpaired) electrons. The Bertz CT molecular complexity index is 152. The van der Waals surface area contributed by atoms with E-state index >= 15 is 0 Å². The Kier molecular flexibility index (Phi) is 1.89. The van der Waals surface area contributed by atoms with Gasteiger partial charge in [0.1, 0.15) is 0 Å². The van der Waals surface area contributed by atoms with Crippen LogP contribution in [0.15, 0.2) is 12.2 Å². The van der Waals surface area contributed by atoms with Crippen molar-refractivity contribution in [2.24, 2.45) is 11.8 Å². The van der Waals surface area contributed by atoms with Gasteiger partial charge < -0.3 is 0 Å². The van der Waals surface area contributed by atoms with Gasteiger partial charge in [-0.05, 0) is 18.8 Å². The van der Waals surface area contributed by atoms with Crippen LogP contribution < -0.4 is 0 Å². The van der Waals surface area contributed by atoms with Crippen LogP contribution in [-0.2, 0) is 0 Å². The van der Waals surface area contributed by atoms with Crippen LogP contribution in [-0.4, -0.2) is 0 Å². The zero-order valence-corrected chi connectivity index (χ0v) is 5.67. The molecule has 0 aliphatic heterocycles. The molecular weight excluding hydrogens is 110 g/mol. The van der Waals surface area contributed by atoms with Crippen LogP contribution in [0.4, 0.5) is 0 Å². The molecule has 2 unspecified atom stereocenters. The van der Waals surface area contributed by atoms with Gasteiger partial charge in [0.05, 0.1) is 12.0 Å². The maximum absolute atomic E-state index is 8.48. The van der Waals surface area contributed by atoms with Gasteiger partial charge in [-0.25, -0.2) is 0 Å². The summed E-state index contributed by atoms with van der Waals surface area (Å²) in [6.07, 6.45) is 6.38. The summed E-state index contributed by atoms with van der Waals surface area (Å²) >= 11 is 0. The van der Waals surface area contributed by atoms with E-state index in [9.17, 15) is 0 Å². The molecule has 0 aromatic rings. The van der Waals surface area contributed by atoms with Crippen molar-refractivity contribution in [1.29, 1.82) is 5.26 Å². The van der Waals surface area contributed by atoms with Crippen molar-refractivity contribution in [2.75, 3.05) is 0 Å². The van der Waals surface area contributed by atoms with E-state index in [0.717, 1.165) is 6.42 Å². The molecule has 1 nitrogen and oxygen atoms in total. The predicted octanol–water partition coefficient (Wildman–Crippen LogP) is 2.11. The lowest BCUT2D eigenvalue weighted by Gasteiger charge is -2.13. The fourth-order valence-electron chi connectivity index (χ4n) is 1.07. The molecule has 0 amide bonds. The van der Waals surface area contributed by atoms with E-state index in [2.05, 4.69) is 19.1 Å². The van der Waals surface area contributed by atoms with Crippen molar-refractivity contribution < 1.29 is 0 Å². The van der Waals surface area contributed by atoms with Crippen LogP contribution in [0.25, 0.3) is 0 Å². The highest BCUT2D eigenvalue weighted by molar-refractivity contribution is 5.04. The number of allylic oxidation sites excluding steroid dienone is 2. The second kappa shape index (κ2) is 2.68. The molecule has 1 aliphatic carbocycles. The Labute approximate surface area is 56.0 Å². The van der Waals surface area contributed by atoms with Crippen molar-refractivity contribution in [3.63, 3.8) is 0 Å². The lowest BCUT2D eigenvalue weighted by molar-refractivity contribution is 0.535. The molecule has 0 heterocycles. The third kappa shape index (κ3) is 1.57. The van der Waals surface area contributed by atoms with E-state index in [1.54, 1.807) is 0 Å². The van der Waals surface area contributed by atoms with Crippen LogP contribution in [0.5, 0.6) is 0 Å². The van der Waals surface area contributed by atoms with E-state index < -0.39 is 0 Å². The van der Waals surface area contributed by atoms with Gasteiger partial charge in [-0.15, -0.1) is 0 Å². The molecule has 1 aliphatic rings. The molecule has 48 valence electrons. The number of nitrogens with zero attached hydrogens (tertiary/aromatic N) is 1. The van der Waals surface area contributed by atoms with E-state index in [1.807, 2.05) is 6.08 Å². The van der Waals surface area contributed by atoms with Gasteiger partial charge in [0.15, 0.2) is 0 Å². The molecule has 1 rings (SSSR count). The minimum atomic E-state index is 0.196. The Morgan fingerprint density at radius 1 is 1.44 bits per heavy atom. The maximum Gasteiger partial charge on any atom is 0.0697 e. The number of hydrogen-bond donors (Lipinski definition) is 0. The first kappa shape index (κ1) is 6.35. The molecule has 9 heavy (non-hydrogen) atoms. The zero-order valence-electron chi connectivity index (χ0n) is 5.67. The van der Waals surface area contributed by atoms with Crippen molar-refractivity contribution in [1.82, 2.24) is 0 Å². The highest BCUT2D eigenvalue weighted by Gasteiger charge is 2.10. The molecule has 0 N–H and O–H groups in total. The number of nitriles is 1. The summed E-state index contributed by atoms with van der Waals surface area (Å²) in [7, 11) is 0. The van der Waals surface area contributed by atoms with Crippen LogP contribution >= 0.6 is 0 Å². The summed E-state index contributed by atoms with van der Waals surface area (Å²) in [4.78, 5) is 0. The van der Waals surface area contributed by atoms with Crippen LogP contribution in [0.1, 0.15) is 19.8 Å². The lowest BCUT2D eigenvalue weighted by Crippen LogP contribution is -2.03. The summed E-state index contributed by atoms with van der Waals surface area (Å²) < 4.78 is 0. The van der Waals surface area contributed by atoms with E-state index in [0.29, 0.717) is 5.92 Å². The van der Waals surface area contributed by atoms with E-state index in [-0.39, 0.29) is 5.92 Å². The topological polar surface area (TPSA) is 23.8 Å². The molecule has 0 aromatic carbocycles. The van der Waals surface area contributed by atoms with Crippen LogP contribution in [0, 0.1) is 23.2 Å². The fraction of sp³-hybridized carbons (Fsp3) is 0.625. The normalized spacial score (nSPS) is 33.8. The summed E-state index contributed by atoms with van der Waals surface area (Å²) in [5, 5.41) is 8.48. The predicted molar refractivity (Wildman–Crippen MR) is 36.6 cm³/mol. The number of hydrogen-bond acceptors (Lipinski definition) is 1. The largest absolute Gasteiger partial charge is 0.198 e. The monoisotopic (exact) mass is 121 g/mol. The highest BCUT2D eigenvalue weighted by Crippen LogP contribution is 2.20. The molecule has 0 saturated heterocycles. The third-order valence-corrected chi connectivity index (χ3v) is 1.77. The molecule has 0 saturated carbocycles. The average Bonchev–Trinajstić information content (AvgIpc) is 1.90. The van der Waals surface area contributed by atoms with Crippen LogP contribution in [0.3, 0.4) is 0 Å². The minimum absolute atomic E-state index is 0.196. The SMILES string of the molecule is CC1C=CC(C#N)CC1. The molecule has 2 atom stereocenters.